The van der Waals surface area contributed by atoms with Crippen LogP contribution < -0.4 is 14.2 Å². The van der Waals surface area contributed by atoms with Crippen LogP contribution in [0.4, 0.5) is 5.69 Å². The largest absolute Gasteiger partial charge is 0.493 e. The van der Waals surface area contributed by atoms with Gasteiger partial charge in [0.25, 0.3) is 0 Å². The highest BCUT2D eigenvalue weighted by atomic mass is 16.5. The summed E-state index contributed by atoms with van der Waals surface area (Å²) in [6.07, 6.45) is 1.63. The number of benzene rings is 3. The Labute approximate surface area is 178 Å². The van der Waals surface area contributed by atoms with E-state index in [0.717, 1.165) is 28.1 Å². The number of hydrogen-bond acceptors (Lipinski definition) is 4. The summed E-state index contributed by atoms with van der Waals surface area (Å²) in [5.74, 6) is 2.50. The molecule has 4 heteroatoms. The number of hydrogen-bond donors (Lipinski definition) is 0. The number of methoxy groups -OCH3 is 1. The van der Waals surface area contributed by atoms with Crippen molar-refractivity contribution in [2.75, 3.05) is 7.11 Å². The second-order valence-corrected chi connectivity index (χ2v) is 7.25. The van der Waals surface area contributed by atoms with Crippen LogP contribution in [-0.2, 0) is 0 Å². The van der Waals surface area contributed by atoms with Gasteiger partial charge in [-0.2, -0.15) is 0 Å². The summed E-state index contributed by atoms with van der Waals surface area (Å²) >= 11 is 0. The molecule has 3 rings (SSSR count). The predicted molar refractivity (Wildman–Crippen MR) is 122 cm³/mol. The Bertz CT molecular complexity index is 1050. The first kappa shape index (κ1) is 21.2. The molecule has 0 unspecified atom stereocenters. The van der Waals surface area contributed by atoms with Crippen molar-refractivity contribution < 1.29 is 14.2 Å². The number of aliphatic imine (C=N–C) groups is 1. The lowest BCUT2D eigenvalue weighted by atomic mass is 10.1. The van der Waals surface area contributed by atoms with Crippen molar-refractivity contribution in [2.24, 2.45) is 4.99 Å². The fourth-order valence-electron chi connectivity index (χ4n) is 2.95. The highest BCUT2D eigenvalue weighted by Crippen LogP contribution is 2.27. The van der Waals surface area contributed by atoms with E-state index in [9.17, 15) is 0 Å². The molecule has 0 spiro atoms. The molecule has 0 fully saturated rings. The molecular weight excluding hydrogens is 374 g/mol. The van der Waals surface area contributed by atoms with Gasteiger partial charge in [-0.1, -0.05) is 35.9 Å². The van der Waals surface area contributed by atoms with E-state index in [4.69, 9.17) is 19.2 Å². The fraction of sp³-hybridized carbons (Fsp3) is 0.192. The van der Waals surface area contributed by atoms with Gasteiger partial charge < -0.3 is 14.2 Å². The molecule has 0 aliphatic carbocycles. The summed E-state index contributed by atoms with van der Waals surface area (Å²) in [5, 5.41) is 0. The molecule has 0 aliphatic rings. The molecule has 0 saturated heterocycles. The van der Waals surface area contributed by atoms with E-state index in [-0.39, 0.29) is 0 Å². The van der Waals surface area contributed by atoms with E-state index in [0.29, 0.717) is 17.4 Å². The van der Waals surface area contributed by atoms with Gasteiger partial charge >= 0.3 is 0 Å². The molecule has 0 heterocycles. The van der Waals surface area contributed by atoms with Gasteiger partial charge in [0.2, 0.25) is 5.90 Å². The number of aryl methyl sites for hydroxylation is 3. The Hall–Kier alpha value is -3.53. The smallest absolute Gasteiger partial charge is 0.225 e. The average molecular weight is 402 g/mol. The molecule has 154 valence electrons. The van der Waals surface area contributed by atoms with Crippen LogP contribution in [0, 0.1) is 20.8 Å². The van der Waals surface area contributed by atoms with Crippen LogP contribution in [0.2, 0.25) is 0 Å². The Kier molecular flexibility index (Phi) is 6.91. The van der Waals surface area contributed by atoms with Gasteiger partial charge in [-0.15, -0.1) is 0 Å². The number of nitrogens with zero attached hydrogens (tertiary/aromatic N) is 1. The highest BCUT2D eigenvalue weighted by molar-refractivity contribution is 5.96. The van der Waals surface area contributed by atoms with Gasteiger partial charge in [0.05, 0.1) is 19.1 Å². The topological polar surface area (TPSA) is 40.0 Å². The summed E-state index contributed by atoms with van der Waals surface area (Å²) in [5.41, 5.74) is 5.00. The maximum absolute atomic E-state index is 6.19. The highest BCUT2D eigenvalue weighted by Gasteiger charge is 2.10. The first-order valence-corrected chi connectivity index (χ1v) is 9.83. The Morgan fingerprint density at radius 3 is 2.07 bits per heavy atom. The van der Waals surface area contributed by atoms with E-state index in [2.05, 4.69) is 6.07 Å². The number of ether oxygens (including phenoxy) is 3. The zero-order valence-corrected chi connectivity index (χ0v) is 18.1. The molecule has 0 saturated carbocycles. The van der Waals surface area contributed by atoms with Crippen LogP contribution in [0.25, 0.3) is 0 Å². The van der Waals surface area contributed by atoms with Crippen molar-refractivity contribution in [3.8, 4) is 17.2 Å². The Morgan fingerprint density at radius 1 is 0.800 bits per heavy atom. The van der Waals surface area contributed by atoms with E-state index >= 15 is 0 Å². The third-order valence-electron chi connectivity index (χ3n) is 4.44. The van der Waals surface area contributed by atoms with Crippen LogP contribution in [0.5, 0.6) is 17.2 Å². The average Bonchev–Trinajstić information content (AvgIpc) is 2.72. The van der Waals surface area contributed by atoms with Gasteiger partial charge in [-0.05, 0) is 75.2 Å². The summed E-state index contributed by atoms with van der Waals surface area (Å²) < 4.78 is 17.4. The van der Waals surface area contributed by atoms with Crippen molar-refractivity contribution in [3.63, 3.8) is 0 Å². The van der Waals surface area contributed by atoms with Gasteiger partial charge in [0.15, 0.2) is 11.5 Å². The van der Waals surface area contributed by atoms with Gasteiger partial charge in [-0.3, -0.25) is 0 Å². The monoisotopic (exact) mass is 401 g/mol. The Balaban J connectivity index is 1.94. The molecule has 0 bridgehead atoms. The molecule has 0 radical (unpaired) electrons. The minimum Gasteiger partial charge on any atom is -0.493 e. The SMILES string of the molecule is COc1ccccc1OC=C(C)C(=Nc1ccc(C)cc1)Oc1cc(C)cc(C)c1. The molecule has 0 amide bonds. The zero-order valence-electron chi connectivity index (χ0n) is 18.1. The zero-order chi connectivity index (χ0) is 21.5. The van der Waals surface area contributed by atoms with Gasteiger partial charge in [0, 0.05) is 5.57 Å². The third kappa shape index (κ3) is 5.74. The summed E-state index contributed by atoms with van der Waals surface area (Å²) in [7, 11) is 1.62. The quantitative estimate of drug-likeness (QED) is 0.262. The molecule has 0 N–H and O–H groups in total. The molecule has 0 aliphatic heterocycles. The van der Waals surface area contributed by atoms with E-state index in [1.165, 1.54) is 5.56 Å². The van der Waals surface area contributed by atoms with Crippen molar-refractivity contribution in [1.82, 2.24) is 0 Å². The van der Waals surface area contributed by atoms with Gasteiger partial charge in [0.1, 0.15) is 5.75 Å². The maximum Gasteiger partial charge on any atom is 0.225 e. The fourth-order valence-corrected chi connectivity index (χ4v) is 2.95. The lowest BCUT2D eigenvalue weighted by Gasteiger charge is -2.12. The lowest BCUT2D eigenvalue weighted by Crippen LogP contribution is -2.11. The standard InChI is InChI=1S/C26H27NO3/c1-18-10-12-22(13-11-18)27-26(30-23-15-19(2)14-20(3)16-23)21(4)17-29-25-9-7-6-8-24(25)28-5/h6-17H,1-5H3. The first-order chi connectivity index (χ1) is 14.4. The number of rotatable bonds is 6. The van der Waals surface area contributed by atoms with Crippen LogP contribution in [0.3, 0.4) is 0 Å². The Morgan fingerprint density at radius 2 is 1.43 bits per heavy atom. The number of para-hydroxylation sites is 2. The normalized spacial score (nSPS) is 11.9. The summed E-state index contributed by atoms with van der Waals surface area (Å²) in [4.78, 5) is 4.72. The second-order valence-electron chi connectivity index (χ2n) is 7.25. The van der Waals surface area contributed by atoms with E-state index in [1.54, 1.807) is 13.4 Å². The van der Waals surface area contributed by atoms with Crippen molar-refractivity contribution in [2.45, 2.75) is 27.7 Å². The molecule has 0 atom stereocenters. The molecule has 4 nitrogen and oxygen atoms in total. The first-order valence-electron chi connectivity index (χ1n) is 9.83. The minimum absolute atomic E-state index is 0.471. The molecule has 3 aromatic rings. The van der Waals surface area contributed by atoms with Crippen LogP contribution in [-0.4, -0.2) is 13.0 Å². The van der Waals surface area contributed by atoms with Gasteiger partial charge in [-0.25, -0.2) is 4.99 Å². The van der Waals surface area contributed by atoms with E-state index < -0.39 is 0 Å². The molecule has 30 heavy (non-hydrogen) atoms. The third-order valence-corrected chi connectivity index (χ3v) is 4.44. The van der Waals surface area contributed by atoms with Crippen LogP contribution in [0.15, 0.2) is 83.6 Å². The van der Waals surface area contributed by atoms with Crippen molar-refractivity contribution in [1.29, 1.82) is 0 Å². The minimum atomic E-state index is 0.471. The van der Waals surface area contributed by atoms with Crippen molar-refractivity contribution in [3.05, 3.63) is 95.3 Å². The summed E-state index contributed by atoms with van der Waals surface area (Å²) in [6.45, 7) is 8.05. The molecule has 3 aromatic carbocycles. The van der Waals surface area contributed by atoms with Crippen LogP contribution >= 0.6 is 0 Å². The molecular formula is C26H27NO3. The predicted octanol–water partition coefficient (Wildman–Crippen LogP) is 6.71. The van der Waals surface area contributed by atoms with E-state index in [1.807, 2.05) is 88.4 Å². The maximum atomic E-state index is 6.19. The van der Waals surface area contributed by atoms with Crippen molar-refractivity contribution >= 4 is 11.6 Å². The van der Waals surface area contributed by atoms with Crippen LogP contribution in [0.1, 0.15) is 23.6 Å². The summed E-state index contributed by atoms with van der Waals surface area (Å²) in [6, 6.07) is 21.6. The lowest BCUT2D eigenvalue weighted by molar-refractivity contribution is 0.377. The molecule has 0 aromatic heterocycles. The second kappa shape index (κ2) is 9.79.